The Balaban J connectivity index is 2.10. The third kappa shape index (κ3) is 2.68. The van der Waals surface area contributed by atoms with E-state index in [1.807, 2.05) is 19.9 Å². The fraction of sp³-hybridized carbons (Fsp3) is 0.538. The number of aryl methyl sites for hydroxylation is 1. The predicted octanol–water partition coefficient (Wildman–Crippen LogP) is 3.67. The van der Waals surface area contributed by atoms with Crippen LogP contribution in [0.3, 0.4) is 0 Å². The molecule has 1 aromatic heterocycles. The van der Waals surface area contributed by atoms with Gasteiger partial charge in [-0.1, -0.05) is 19.8 Å². The van der Waals surface area contributed by atoms with Gasteiger partial charge in [-0.2, -0.15) is 0 Å². The average Bonchev–Trinajstić information content (AvgIpc) is 2.72. The molecule has 0 unspecified atom stereocenters. The van der Waals surface area contributed by atoms with E-state index in [0.29, 0.717) is 5.82 Å². The van der Waals surface area contributed by atoms with Gasteiger partial charge in [-0.05, 0) is 47.3 Å². The summed E-state index contributed by atoms with van der Waals surface area (Å²) in [5.41, 5.74) is 0.870. The summed E-state index contributed by atoms with van der Waals surface area (Å²) < 4.78 is 0.961. The van der Waals surface area contributed by atoms with E-state index in [0.717, 1.165) is 35.7 Å². The molecule has 0 radical (unpaired) electrons. The summed E-state index contributed by atoms with van der Waals surface area (Å²) in [6, 6.07) is 1.89. The second-order valence-electron chi connectivity index (χ2n) is 5.04. The van der Waals surface area contributed by atoms with Gasteiger partial charge in [0.05, 0.1) is 0 Å². The molecule has 0 aromatic carbocycles. The summed E-state index contributed by atoms with van der Waals surface area (Å²) in [7, 11) is 0. The van der Waals surface area contributed by atoms with Gasteiger partial charge in [-0.25, -0.2) is 4.98 Å². The first kappa shape index (κ1) is 12.6. The zero-order valence-corrected chi connectivity index (χ0v) is 11.8. The summed E-state index contributed by atoms with van der Waals surface area (Å²) in [6.45, 7) is 4.03. The maximum Gasteiger partial charge on any atom is 0.231 e. The lowest BCUT2D eigenvalue weighted by atomic mass is 9.88. The molecule has 0 spiro atoms. The second-order valence-corrected chi connectivity index (χ2v) is 5.89. The lowest BCUT2D eigenvalue weighted by molar-refractivity contribution is -0.124. The van der Waals surface area contributed by atoms with Crippen LogP contribution in [-0.4, -0.2) is 10.9 Å². The van der Waals surface area contributed by atoms with E-state index in [1.54, 1.807) is 6.20 Å². The van der Waals surface area contributed by atoms with Crippen molar-refractivity contribution in [1.82, 2.24) is 4.98 Å². The Morgan fingerprint density at radius 3 is 2.71 bits per heavy atom. The zero-order valence-electron chi connectivity index (χ0n) is 10.2. The fourth-order valence-corrected chi connectivity index (χ4v) is 2.47. The molecule has 17 heavy (non-hydrogen) atoms. The first-order valence-electron chi connectivity index (χ1n) is 5.95. The lowest BCUT2D eigenvalue weighted by Crippen LogP contribution is -2.31. The molecule has 0 bridgehead atoms. The van der Waals surface area contributed by atoms with Gasteiger partial charge in [0.15, 0.2) is 0 Å². The van der Waals surface area contributed by atoms with E-state index >= 15 is 0 Å². The van der Waals surface area contributed by atoms with Gasteiger partial charge in [-0.15, -0.1) is 0 Å². The first-order chi connectivity index (χ1) is 8.01. The number of anilines is 1. The average molecular weight is 297 g/mol. The van der Waals surface area contributed by atoms with Crippen LogP contribution in [0.1, 0.15) is 38.2 Å². The molecule has 4 heteroatoms. The SMILES string of the molecule is Cc1cc(NC(=O)C2(C)CCCC2)ncc1Br. The number of halogens is 1. The van der Waals surface area contributed by atoms with Crippen LogP contribution >= 0.6 is 15.9 Å². The van der Waals surface area contributed by atoms with Crippen molar-refractivity contribution in [3.63, 3.8) is 0 Å². The molecule has 1 fully saturated rings. The van der Waals surface area contributed by atoms with Crippen molar-refractivity contribution in [3.8, 4) is 0 Å². The number of hydrogen-bond donors (Lipinski definition) is 1. The van der Waals surface area contributed by atoms with Gasteiger partial charge in [0.25, 0.3) is 0 Å². The lowest BCUT2D eigenvalue weighted by Gasteiger charge is -2.21. The van der Waals surface area contributed by atoms with Crippen LogP contribution in [-0.2, 0) is 4.79 Å². The van der Waals surface area contributed by atoms with Crippen LogP contribution in [0.2, 0.25) is 0 Å². The summed E-state index contributed by atoms with van der Waals surface area (Å²) in [5, 5.41) is 2.92. The molecule has 92 valence electrons. The summed E-state index contributed by atoms with van der Waals surface area (Å²) in [4.78, 5) is 16.4. The minimum atomic E-state index is -0.206. The van der Waals surface area contributed by atoms with Gasteiger partial charge in [0, 0.05) is 16.1 Å². The maximum atomic E-state index is 12.2. The van der Waals surface area contributed by atoms with Gasteiger partial charge in [-0.3, -0.25) is 4.79 Å². The number of carbonyl (C=O) groups is 1. The molecule has 1 aliphatic carbocycles. The van der Waals surface area contributed by atoms with Crippen molar-refractivity contribution in [3.05, 3.63) is 22.3 Å². The van der Waals surface area contributed by atoms with Crippen molar-refractivity contribution in [2.45, 2.75) is 39.5 Å². The molecular formula is C13H17BrN2O. The van der Waals surface area contributed by atoms with Crippen molar-refractivity contribution in [1.29, 1.82) is 0 Å². The fourth-order valence-electron chi connectivity index (χ4n) is 2.26. The highest BCUT2D eigenvalue weighted by Gasteiger charge is 2.36. The van der Waals surface area contributed by atoms with Crippen molar-refractivity contribution in [2.75, 3.05) is 5.32 Å². The molecular weight excluding hydrogens is 280 g/mol. The predicted molar refractivity (Wildman–Crippen MR) is 71.9 cm³/mol. The Hall–Kier alpha value is -0.900. The normalized spacial score (nSPS) is 18.1. The van der Waals surface area contributed by atoms with E-state index < -0.39 is 0 Å². The number of nitrogens with zero attached hydrogens (tertiary/aromatic N) is 1. The minimum absolute atomic E-state index is 0.101. The summed E-state index contributed by atoms with van der Waals surface area (Å²) >= 11 is 3.40. The van der Waals surface area contributed by atoms with E-state index in [1.165, 1.54) is 0 Å². The Morgan fingerprint density at radius 1 is 1.47 bits per heavy atom. The molecule has 0 saturated heterocycles. The summed E-state index contributed by atoms with van der Waals surface area (Å²) in [5.74, 6) is 0.744. The molecule has 2 rings (SSSR count). The van der Waals surface area contributed by atoms with E-state index in [9.17, 15) is 4.79 Å². The number of amides is 1. The standard InChI is InChI=1S/C13H17BrN2O/c1-9-7-11(15-8-10(9)14)16-12(17)13(2)5-3-4-6-13/h7-8H,3-6H2,1-2H3,(H,15,16,17). The third-order valence-corrected chi connectivity index (χ3v) is 4.37. The Morgan fingerprint density at radius 2 is 2.12 bits per heavy atom. The highest BCUT2D eigenvalue weighted by Crippen LogP contribution is 2.38. The number of pyridine rings is 1. The number of rotatable bonds is 2. The number of hydrogen-bond acceptors (Lipinski definition) is 2. The highest BCUT2D eigenvalue weighted by atomic mass is 79.9. The number of aromatic nitrogens is 1. The number of carbonyl (C=O) groups excluding carboxylic acids is 1. The first-order valence-corrected chi connectivity index (χ1v) is 6.74. The van der Waals surface area contributed by atoms with Crippen molar-refractivity contribution in [2.24, 2.45) is 5.41 Å². The van der Waals surface area contributed by atoms with Crippen LogP contribution in [0.5, 0.6) is 0 Å². The third-order valence-electron chi connectivity index (χ3n) is 3.54. The molecule has 1 amide bonds. The molecule has 1 aliphatic rings. The van der Waals surface area contributed by atoms with Gasteiger partial charge in [0.1, 0.15) is 5.82 Å². The number of nitrogens with one attached hydrogen (secondary N) is 1. The molecule has 1 N–H and O–H groups in total. The van der Waals surface area contributed by atoms with E-state index in [2.05, 4.69) is 26.2 Å². The monoisotopic (exact) mass is 296 g/mol. The van der Waals surface area contributed by atoms with Crippen LogP contribution in [0.4, 0.5) is 5.82 Å². The largest absolute Gasteiger partial charge is 0.310 e. The van der Waals surface area contributed by atoms with Gasteiger partial charge >= 0.3 is 0 Å². The van der Waals surface area contributed by atoms with Gasteiger partial charge < -0.3 is 5.32 Å². The topological polar surface area (TPSA) is 42.0 Å². The maximum absolute atomic E-state index is 12.2. The summed E-state index contributed by atoms with van der Waals surface area (Å²) in [6.07, 6.45) is 5.98. The molecule has 0 atom stereocenters. The zero-order chi connectivity index (χ0) is 12.5. The van der Waals surface area contributed by atoms with E-state index in [-0.39, 0.29) is 11.3 Å². The van der Waals surface area contributed by atoms with Crippen LogP contribution in [0.15, 0.2) is 16.7 Å². The Kier molecular flexibility index (Phi) is 3.52. The minimum Gasteiger partial charge on any atom is -0.310 e. The Bertz CT molecular complexity index is 439. The molecule has 0 aliphatic heterocycles. The molecule has 1 aromatic rings. The Labute approximate surface area is 110 Å². The van der Waals surface area contributed by atoms with Crippen LogP contribution in [0.25, 0.3) is 0 Å². The van der Waals surface area contributed by atoms with Crippen LogP contribution in [0, 0.1) is 12.3 Å². The quantitative estimate of drug-likeness (QED) is 0.905. The second kappa shape index (κ2) is 4.77. The molecule has 1 heterocycles. The van der Waals surface area contributed by atoms with Crippen molar-refractivity contribution < 1.29 is 4.79 Å². The van der Waals surface area contributed by atoms with Gasteiger partial charge in [0.2, 0.25) is 5.91 Å². The smallest absolute Gasteiger partial charge is 0.231 e. The van der Waals surface area contributed by atoms with Crippen molar-refractivity contribution >= 4 is 27.7 Å². The van der Waals surface area contributed by atoms with Crippen LogP contribution < -0.4 is 5.32 Å². The molecule has 1 saturated carbocycles. The van der Waals surface area contributed by atoms with E-state index in [4.69, 9.17) is 0 Å². The highest BCUT2D eigenvalue weighted by molar-refractivity contribution is 9.10. The molecule has 3 nitrogen and oxygen atoms in total.